The van der Waals surface area contributed by atoms with Crippen molar-refractivity contribution in [1.29, 1.82) is 0 Å². The molecule has 1 heterocycles. The minimum atomic E-state index is 0.573. The summed E-state index contributed by atoms with van der Waals surface area (Å²) < 4.78 is 0. The summed E-state index contributed by atoms with van der Waals surface area (Å²) in [4.78, 5) is 2.60. The highest BCUT2D eigenvalue weighted by molar-refractivity contribution is 6.30. The number of piperidine rings is 1. The van der Waals surface area contributed by atoms with Crippen LogP contribution < -0.4 is 5.32 Å². The first-order valence-electron chi connectivity index (χ1n) is 8.39. The average molecular weight is 317 g/mol. The van der Waals surface area contributed by atoms with Crippen LogP contribution >= 0.6 is 11.6 Å². The van der Waals surface area contributed by atoms with Crippen molar-refractivity contribution < 1.29 is 0 Å². The third kappa shape index (κ3) is 4.62. The largest absolute Gasteiger partial charge is 0.382 e. The smallest absolute Gasteiger partial charge is 0.0426 e. The molecule has 0 bridgehead atoms. The molecule has 1 fully saturated rings. The molecule has 2 nitrogen and oxygen atoms in total. The van der Waals surface area contributed by atoms with Crippen LogP contribution in [0.1, 0.15) is 32.1 Å². The van der Waals surface area contributed by atoms with Gasteiger partial charge in [0.25, 0.3) is 0 Å². The molecule has 0 saturated carbocycles. The first-order valence-corrected chi connectivity index (χ1v) is 8.77. The van der Waals surface area contributed by atoms with E-state index in [1.165, 1.54) is 57.3 Å². The Morgan fingerprint density at radius 1 is 1.18 bits per heavy atom. The molecule has 2 aliphatic rings. The van der Waals surface area contributed by atoms with E-state index in [1.54, 1.807) is 0 Å². The van der Waals surface area contributed by atoms with Gasteiger partial charge in [0, 0.05) is 36.4 Å². The van der Waals surface area contributed by atoms with Gasteiger partial charge in [-0.05, 0) is 50.3 Å². The number of halogens is 1. The molecule has 1 aliphatic heterocycles. The van der Waals surface area contributed by atoms with Crippen molar-refractivity contribution in [3.05, 3.63) is 53.1 Å². The van der Waals surface area contributed by atoms with Crippen LogP contribution in [-0.2, 0) is 0 Å². The van der Waals surface area contributed by atoms with E-state index in [2.05, 4.69) is 34.5 Å². The van der Waals surface area contributed by atoms with Crippen LogP contribution in [0.5, 0.6) is 0 Å². The summed E-state index contributed by atoms with van der Waals surface area (Å²) in [5, 5.41) is 4.42. The van der Waals surface area contributed by atoms with E-state index in [9.17, 15) is 0 Å². The molecule has 0 radical (unpaired) electrons. The van der Waals surface area contributed by atoms with Gasteiger partial charge in [-0.1, -0.05) is 41.5 Å². The summed E-state index contributed by atoms with van der Waals surface area (Å²) in [6.45, 7) is 3.57. The molecule has 0 aromatic heterocycles. The Morgan fingerprint density at radius 2 is 2.05 bits per heavy atom. The Hall–Kier alpha value is -1.25. The highest BCUT2D eigenvalue weighted by Crippen LogP contribution is 2.20. The van der Waals surface area contributed by atoms with Crippen LogP contribution in [0.15, 0.2) is 48.1 Å². The summed E-state index contributed by atoms with van der Waals surface area (Å²) in [5.74, 6) is 0. The number of anilines is 1. The molecule has 118 valence electrons. The van der Waals surface area contributed by atoms with E-state index in [4.69, 9.17) is 11.6 Å². The van der Waals surface area contributed by atoms with Crippen molar-refractivity contribution in [1.82, 2.24) is 4.90 Å². The van der Waals surface area contributed by atoms with Gasteiger partial charge in [-0.3, -0.25) is 0 Å². The van der Waals surface area contributed by atoms with E-state index in [-0.39, 0.29) is 0 Å². The molecule has 3 heteroatoms. The molecule has 1 aliphatic carbocycles. The molecule has 0 unspecified atom stereocenters. The van der Waals surface area contributed by atoms with Crippen molar-refractivity contribution in [2.45, 2.75) is 38.1 Å². The number of benzene rings is 1. The third-order valence-corrected chi connectivity index (χ3v) is 4.81. The standard InChI is InChI=1S/C19H25ClN2/c20-17-7-4-8-19(15-17)21-18-10-13-22(14-11-18)12-9-16-5-2-1-3-6-16/h2,4-8,15,18,21H,1,3,9-14H2. The molecule has 1 aromatic rings. The van der Waals surface area contributed by atoms with Gasteiger partial charge in [-0.25, -0.2) is 0 Å². The Labute approximate surface area is 138 Å². The fourth-order valence-corrected chi connectivity index (χ4v) is 3.45. The zero-order chi connectivity index (χ0) is 15.2. The summed E-state index contributed by atoms with van der Waals surface area (Å²) in [6, 6.07) is 8.61. The molecule has 22 heavy (non-hydrogen) atoms. The summed E-state index contributed by atoms with van der Waals surface area (Å²) in [5.41, 5.74) is 2.66. The molecule has 0 atom stereocenters. The lowest BCUT2D eigenvalue weighted by atomic mass is 10.0. The van der Waals surface area contributed by atoms with Gasteiger partial charge in [0.2, 0.25) is 0 Å². The van der Waals surface area contributed by atoms with E-state index in [0.717, 1.165) is 10.7 Å². The molecular weight excluding hydrogens is 292 g/mol. The molecule has 1 saturated heterocycles. The van der Waals surface area contributed by atoms with Crippen LogP contribution in [0.3, 0.4) is 0 Å². The second kappa shape index (κ2) is 7.85. The van der Waals surface area contributed by atoms with Crippen molar-refractivity contribution in [3.63, 3.8) is 0 Å². The number of nitrogens with zero attached hydrogens (tertiary/aromatic N) is 1. The second-order valence-corrected chi connectivity index (χ2v) is 6.72. The maximum atomic E-state index is 6.04. The molecule has 0 amide bonds. The summed E-state index contributed by atoms with van der Waals surface area (Å²) in [7, 11) is 0. The maximum Gasteiger partial charge on any atom is 0.0426 e. The molecule has 0 spiro atoms. The Morgan fingerprint density at radius 3 is 2.77 bits per heavy atom. The Bertz CT molecular complexity index is 542. The predicted octanol–water partition coefficient (Wildman–Crippen LogP) is 4.88. The Balaban J connectivity index is 1.40. The fraction of sp³-hybridized carbons (Fsp3) is 0.474. The first kappa shape index (κ1) is 15.6. The lowest BCUT2D eigenvalue weighted by molar-refractivity contribution is 0.222. The Kier molecular flexibility index (Phi) is 5.58. The quantitative estimate of drug-likeness (QED) is 0.832. The molecular formula is C19H25ClN2. The second-order valence-electron chi connectivity index (χ2n) is 6.28. The molecule has 1 N–H and O–H groups in total. The summed E-state index contributed by atoms with van der Waals surface area (Å²) >= 11 is 6.04. The van der Waals surface area contributed by atoms with E-state index in [0.29, 0.717) is 6.04 Å². The number of allylic oxidation sites excluding steroid dienone is 3. The van der Waals surface area contributed by atoms with Gasteiger partial charge in [0.1, 0.15) is 0 Å². The monoisotopic (exact) mass is 316 g/mol. The lowest BCUT2D eigenvalue weighted by Gasteiger charge is -2.33. The van der Waals surface area contributed by atoms with Gasteiger partial charge in [-0.15, -0.1) is 0 Å². The normalized spacial score (nSPS) is 20.0. The topological polar surface area (TPSA) is 15.3 Å². The van der Waals surface area contributed by atoms with E-state index < -0.39 is 0 Å². The first-order chi connectivity index (χ1) is 10.8. The number of rotatable bonds is 5. The minimum Gasteiger partial charge on any atom is -0.382 e. The van der Waals surface area contributed by atoms with Gasteiger partial charge in [0.15, 0.2) is 0 Å². The van der Waals surface area contributed by atoms with Crippen molar-refractivity contribution in [2.24, 2.45) is 0 Å². The number of likely N-dealkylation sites (tertiary alicyclic amines) is 1. The number of hydrogen-bond donors (Lipinski definition) is 1. The van der Waals surface area contributed by atoms with Gasteiger partial charge in [0.05, 0.1) is 0 Å². The highest BCUT2D eigenvalue weighted by Gasteiger charge is 2.18. The van der Waals surface area contributed by atoms with Crippen molar-refractivity contribution in [3.8, 4) is 0 Å². The van der Waals surface area contributed by atoms with Crippen LogP contribution in [0.2, 0.25) is 5.02 Å². The van der Waals surface area contributed by atoms with E-state index >= 15 is 0 Å². The summed E-state index contributed by atoms with van der Waals surface area (Å²) in [6.07, 6.45) is 13.0. The minimum absolute atomic E-state index is 0.573. The van der Waals surface area contributed by atoms with Crippen molar-refractivity contribution in [2.75, 3.05) is 25.0 Å². The third-order valence-electron chi connectivity index (χ3n) is 4.57. The molecule has 1 aromatic carbocycles. The van der Waals surface area contributed by atoms with Crippen LogP contribution in [0.4, 0.5) is 5.69 Å². The zero-order valence-electron chi connectivity index (χ0n) is 13.1. The van der Waals surface area contributed by atoms with Crippen LogP contribution in [-0.4, -0.2) is 30.6 Å². The number of hydrogen-bond acceptors (Lipinski definition) is 2. The van der Waals surface area contributed by atoms with Gasteiger partial charge < -0.3 is 10.2 Å². The van der Waals surface area contributed by atoms with Crippen molar-refractivity contribution >= 4 is 17.3 Å². The predicted molar refractivity (Wildman–Crippen MR) is 95.6 cm³/mol. The van der Waals surface area contributed by atoms with Crippen LogP contribution in [0.25, 0.3) is 0 Å². The van der Waals surface area contributed by atoms with Gasteiger partial charge in [-0.2, -0.15) is 0 Å². The van der Waals surface area contributed by atoms with E-state index in [1.807, 2.05) is 18.2 Å². The average Bonchev–Trinajstić information content (AvgIpc) is 2.55. The highest BCUT2D eigenvalue weighted by atomic mass is 35.5. The zero-order valence-corrected chi connectivity index (χ0v) is 13.9. The lowest BCUT2D eigenvalue weighted by Crippen LogP contribution is -2.39. The fourth-order valence-electron chi connectivity index (χ4n) is 3.26. The SMILES string of the molecule is Clc1cccc(NC2CCN(CCC3=CCCC=C3)CC2)c1. The maximum absolute atomic E-state index is 6.04. The van der Waals surface area contributed by atoms with Gasteiger partial charge >= 0.3 is 0 Å². The molecule has 3 rings (SSSR count). The number of nitrogens with one attached hydrogen (secondary N) is 1. The van der Waals surface area contributed by atoms with Crippen LogP contribution in [0, 0.1) is 0 Å².